The summed E-state index contributed by atoms with van der Waals surface area (Å²) in [7, 11) is 0. The van der Waals surface area contributed by atoms with Crippen molar-refractivity contribution in [3.05, 3.63) is 57.8 Å². The number of carbonyl (C=O) groups is 1. The molecule has 3 nitrogen and oxygen atoms in total. The summed E-state index contributed by atoms with van der Waals surface area (Å²) in [5, 5.41) is 14.7. The molecule has 0 aliphatic carbocycles. The van der Waals surface area contributed by atoms with Crippen LogP contribution in [-0.4, -0.2) is 17.6 Å². The van der Waals surface area contributed by atoms with Crippen LogP contribution in [-0.2, 0) is 0 Å². The predicted molar refractivity (Wildman–Crippen MR) is 77.4 cm³/mol. The molecule has 1 unspecified atom stereocenters. The van der Waals surface area contributed by atoms with Crippen LogP contribution in [0, 0.1) is 6.92 Å². The van der Waals surface area contributed by atoms with Gasteiger partial charge in [-0.2, -0.15) is 0 Å². The first-order chi connectivity index (χ1) is 9.16. The van der Waals surface area contributed by atoms with Crippen molar-refractivity contribution in [3.8, 4) is 0 Å². The van der Waals surface area contributed by atoms with Crippen molar-refractivity contribution in [3.63, 3.8) is 0 Å². The van der Waals surface area contributed by atoms with Crippen LogP contribution in [0.15, 0.2) is 41.8 Å². The summed E-state index contributed by atoms with van der Waals surface area (Å²) in [5.74, 6) is -0.0953. The maximum atomic E-state index is 11.9. The van der Waals surface area contributed by atoms with Crippen LogP contribution in [0.1, 0.15) is 33.3 Å². The van der Waals surface area contributed by atoms with Gasteiger partial charge >= 0.3 is 0 Å². The third kappa shape index (κ3) is 3.91. The lowest BCUT2D eigenvalue weighted by molar-refractivity contribution is 0.0943. The Balaban J connectivity index is 1.81. The molecule has 4 heteroatoms. The van der Waals surface area contributed by atoms with Crippen LogP contribution in [0.2, 0.25) is 0 Å². The van der Waals surface area contributed by atoms with E-state index in [0.29, 0.717) is 18.5 Å². The van der Waals surface area contributed by atoms with Crippen LogP contribution in [0.4, 0.5) is 0 Å². The van der Waals surface area contributed by atoms with Gasteiger partial charge in [0.15, 0.2) is 0 Å². The van der Waals surface area contributed by atoms with E-state index in [2.05, 4.69) is 5.32 Å². The molecular weight excluding hydrogens is 258 g/mol. The molecule has 100 valence electrons. The van der Waals surface area contributed by atoms with Gasteiger partial charge < -0.3 is 10.4 Å². The Morgan fingerprint density at radius 2 is 2.21 bits per heavy atom. The minimum absolute atomic E-state index is 0.0953. The lowest BCUT2D eigenvalue weighted by Gasteiger charge is -2.09. The molecule has 1 amide bonds. The molecule has 2 N–H and O–H groups in total. The molecule has 0 aliphatic rings. The van der Waals surface area contributed by atoms with Crippen molar-refractivity contribution in [1.82, 2.24) is 5.32 Å². The molecule has 1 atom stereocenters. The molecule has 19 heavy (non-hydrogen) atoms. The molecule has 2 aromatic rings. The molecule has 0 spiro atoms. The van der Waals surface area contributed by atoms with Crippen molar-refractivity contribution < 1.29 is 9.90 Å². The number of rotatable bonds is 5. The fourth-order valence-corrected chi connectivity index (χ4v) is 2.58. The second kappa shape index (κ2) is 6.50. The highest BCUT2D eigenvalue weighted by molar-refractivity contribution is 7.10. The number of nitrogens with one attached hydrogen (secondary N) is 1. The Bertz CT molecular complexity index is 537. The number of amides is 1. The second-order valence-electron chi connectivity index (χ2n) is 4.45. The van der Waals surface area contributed by atoms with Crippen LogP contribution in [0.5, 0.6) is 0 Å². The molecular formula is C15H17NO2S. The smallest absolute Gasteiger partial charge is 0.251 e. The molecule has 1 aromatic carbocycles. The van der Waals surface area contributed by atoms with E-state index in [1.807, 2.05) is 42.6 Å². The van der Waals surface area contributed by atoms with E-state index < -0.39 is 6.10 Å². The highest BCUT2D eigenvalue weighted by Crippen LogP contribution is 2.20. The molecule has 0 bridgehead atoms. The first kappa shape index (κ1) is 13.8. The average molecular weight is 275 g/mol. The number of aliphatic hydroxyl groups excluding tert-OH is 1. The van der Waals surface area contributed by atoms with E-state index in [-0.39, 0.29) is 5.91 Å². The molecule has 0 aliphatic heterocycles. The highest BCUT2D eigenvalue weighted by Gasteiger charge is 2.10. The zero-order chi connectivity index (χ0) is 13.7. The summed E-state index contributed by atoms with van der Waals surface area (Å²) in [6.07, 6.45) is 0.0238. The zero-order valence-electron chi connectivity index (χ0n) is 10.8. The third-order valence-corrected chi connectivity index (χ3v) is 3.83. The maximum Gasteiger partial charge on any atom is 0.251 e. The molecule has 0 radical (unpaired) electrons. The Labute approximate surface area is 116 Å². The Morgan fingerprint density at radius 3 is 2.89 bits per heavy atom. The number of hydrogen-bond acceptors (Lipinski definition) is 3. The number of benzene rings is 1. The molecule has 0 saturated heterocycles. The van der Waals surface area contributed by atoms with E-state index >= 15 is 0 Å². The average Bonchev–Trinajstić information content (AvgIpc) is 2.92. The minimum atomic E-state index is -0.502. The molecule has 2 rings (SSSR count). The van der Waals surface area contributed by atoms with Crippen molar-refractivity contribution in [2.75, 3.05) is 6.54 Å². The highest BCUT2D eigenvalue weighted by atomic mass is 32.1. The molecule has 1 aromatic heterocycles. The number of aliphatic hydroxyl groups is 1. The first-order valence-electron chi connectivity index (χ1n) is 6.23. The molecule has 1 heterocycles. The lowest BCUT2D eigenvalue weighted by Crippen LogP contribution is -2.25. The molecule has 0 fully saturated rings. The Hall–Kier alpha value is -1.65. The fraction of sp³-hybridized carbons (Fsp3) is 0.267. The summed E-state index contributed by atoms with van der Waals surface area (Å²) in [4.78, 5) is 12.8. The van der Waals surface area contributed by atoms with Crippen molar-refractivity contribution in [2.24, 2.45) is 0 Å². The largest absolute Gasteiger partial charge is 0.388 e. The second-order valence-corrected chi connectivity index (χ2v) is 5.42. The van der Waals surface area contributed by atoms with Gasteiger partial charge in [0, 0.05) is 17.0 Å². The topological polar surface area (TPSA) is 49.3 Å². The first-order valence-corrected chi connectivity index (χ1v) is 7.11. The predicted octanol–water partition coefficient (Wildman–Crippen LogP) is 2.91. The van der Waals surface area contributed by atoms with Gasteiger partial charge in [-0.1, -0.05) is 23.8 Å². The van der Waals surface area contributed by atoms with Gasteiger partial charge in [0.1, 0.15) is 0 Å². The number of thiophene rings is 1. The van der Waals surface area contributed by atoms with Crippen molar-refractivity contribution >= 4 is 17.2 Å². The maximum absolute atomic E-state index is 11.9. The van der Waals surface area contributed by atoms with E-state index in [0.717, 1.165) is 10.4 Å². The van der Waals surface area contributed by atoms with Gasteiger partial charge in [-0.3, -0.25) is 4.79 Å². The van der Waals surface area contributed by atoms with E-state index in [1.165, 1.54) is 11.3 Å². The number of aryl methyl sites for hydroxylation is 1. The number of carbonyl (C=O) groups excluding carboxylic acids is 1. The van der Waals surface area contributed by atoms with Gasteiger partial charge in [0.05, 0.1) is 6.10 Å². The summed E-state index contributed by atoms with van der Waals surface area (Å²) >= 11 is 1.53. The quantitative estimate of drug-likeness (QED) is 0.881. The summed E-state index contributed by atoms with van der Waals surface area (Å²) in [5.41, 5.74) is 1.72. The lowest BCUT2D eigenvalue weighted by atomic mass is 10.1. The van der Waals surface area contributed by atoms with Crippen molar-refractivity contribution in [1.29, 1.82) is 0 Å². The van der Waals surface area contributed by atoms with Crippen molar-refractivity contribution in [2.45, 2.75) is 19.4 Å². The van der Waals surface area contributed by atoms with E-state index in [1.54, 1.807) is 6.07 Å². The number of hydrogen-bond donors (Lipinski definition) is 2. The van der Waals surface area contributed by atoms with Crippen LogP contribution in [0.3, 0.4) is 0 Å². The van der Waals surface area contributed by atoms with Crippen LogP contribution in [0.25, 0.3) is 0 Å². The van der Waals surface area contributed by atoms with E-state index in [9.17, 15) is 9.90 Å². The van der Waals surface area contributed by atoms with Gasteiger partial charge in [0.25, 0.3) is 5.91 Å². The summed E-state index contributed by atoms with van der Waals surface area (Å²) < 4.78 is 0. The van der Waals surface area contributed by atoms with Crippen LogP contribution >= 0.6 is 11.3 Å². The molecule has 0 saturated carbocycles. The normalized spacial score (nSPS) is 12.1. The van der Waals surface area contributed by atoms with Crippen LogP contribution < -0.4 is 5.32 Å². The monoisotopic (exact) mass is 275 g/mol. The summed E-state index contributed by atoms with van der Waals surface area (Å²) in [6, 6.07) is 11.3. The minimum Gasteiger partial charge on any atom is -0.388 e. The van der Waals surface area contributed by atoms with E-state index in [4.69, 9.17) is 0 Å². The Morgan fingerprint density at radius 1 is 1.37 bits per heavy atom. The third-order valence-electron chi connectivity index (χ3n) is 2.86. The summed E-state index contributed by atoms with van der Waals surface area (Å²) in [6.45, 7) is 2.42. The van der Waals surface area contributed by atoms with Gasteiger partial charge in [-0.05, 0) is 36.9 Å². The zero-order valence-corrected chi connectivity index (χ0v) is 11.6. The van der Waals surface area contributed by atoms with Gasteiger partial charge in [-0.25, -0.2) is 0 Å². The van der Waals surface area contributed by atoms with Gasteiger partial charge in [-0.15, -0.1) is 11.3 Å². The SMILES string of the molecule is Cc1cccc(C(=O)NCCC(O)c2cccs2)c1. The van der Waals surface area contributed by atoms with Gasteiger partial charge in [0.2, 0.25) is 0 Å². The fourth-order valence-electron chi connectivity index (χ4n) is 1.83. The Kier molecular flexibility index (Phi) is 4.71. The standard InChI is InChI=1S/C15H17NO2S/c1-11-4-2-5-12(10-11)15(18)16-8-7-13(17)14-6-3-9-19-14/h2-6,9-10,13,17H,7-8H2,1H3,(H,16,18).